The van der Waals surface area contributed by atoms with Crippen molar-refractivity contribution in [3.8, 4) is 17.2 Å². The summed E-state index contributed by atoms with van der Waals surface area (Å²) in [5.74, 6) is 0.980. The topological polar surface area (TPSA) is 316 Å². The van der Waals surface area contributed by atoms with E-state index in [0.29, 0.717) is 96.5 Å². The van der Waals surface area contributed by atoms with E-state index in [1.165, 1.54) is 39.3 Å². The van der Waals surface area contributed by atoms with Crippen molar-refractivity contribution >= 4 is 35.7 Å². The Kier molecular flexibility index (Phi) is 63.7. The average molecular weight is 2100 g/mol. The number of phenolic OH excluding ortho intramolecular Hbond substituents is 3. The van der Waals surface area contributed by atoms with E-state index in [2.05, 4.69) is 288 Å². The Labute approximate surface area is 907 Å². The van der Waals surface area contributed by atoms with E-state index < -0.39 is 6.10 Å². The maximum Gasteiger partial charge on any atom is 0.319 e. The second-order valence-electron chi connectivity index (χ2n) is 52.4. The SMILES string of the molecule is CC(C)(C)CC1CCC(=O)O1.CC(C)(C)CCNCc1ccc(O)cc1.CC(C)(C)CCNCc1cccc(O)c1.CC(C)(C)CCNCc1ccccc1O.CC(C)(C)N1CCC(N2CCC(O)CC2=O)CC1.CC(C)(C)N1CCNCC1.CCOC(=O)CCN1CCN(C(C)(C)C)CC1.CN(C)C(=O)CN1CCN(C(C)(C)C)CC1.COC(=O)CCN1CCN(C(C)(C)C)CC1.COC(=O)CNC1CCN(C(C)(C)C)CC1. The molecule has 30 nitrogen and oxygen atoms in total. The van der Waals surface area contributed by atoms with Crippen molar-refractivity contribution in [3.63, 3.8) is 0 Å². The molecule has 149 heavy (non-hydrogen) atoms. The highest BCUT2D eigenvalue weighted by Gasteiger charge is 2.37. The zero-order chi connectivity index (χ0) is 113. The fraction of sp³-hybridized carbons (Fsp3) is 0.798. The van der Waals surface area contributed by atoms with Gasteiger partial charge in [0.25, 0.3) is 0 Å². The standard InChI is InChI=1S/C14H26N2O2.C13H26N2O2.3C13H21NO.C12H25N3O.2C12H24N2O2.C9H16O2.C8H18N2/c1-14(2,3)15-7-4-11(5-8-15)16-9-6-12(17)10-13(16)18;1-5-17-12(16)6-7-14-8-10-15(11-9-14)13(2,3)4;1-13(2,3)8-9-14-10-11-4-6-12(15)7-5-11;1-13(2,3)7-8-14-10-11-5-4-6-12(15)9-11;1-13(2,3)8-9-14-10-11-6-4-5-7-12(11)15;1-12(2,3)15-8-6-14(7-9-15)10-11(16)13(4)5;1-12(2,3)14-7-5-10(6-8-14)13-9-11(15)16-4;1-12(2,3)14-9-7-13(8-10-14)6-5-11(15)16-4;1-9(2,3)6-7-4-5-8(10)11-7;1-8(2,3)10-6-4-9-5-7-10/h11-12,17H,4-10H2,1-3H3;5-11H2,1-4H3;4-7,14-15H,8-10H2,1-3H3;4-6,9,14-15H,7-8,10H2,1-3H3;4-7,14-15H,8-10H2,1-3H3;6-10H2,1-5H3;10,13H,5-9H2,1-4H3;5-10H2,1-4H3;7H,4-6H2,1-3H3;9H,4-7H2,1-3H3. The number of ether oxygens (including phenoxy) is 4. The Morgan fingerprint density at radius 3 is 1.23 bits per heavy atom. The molecule has 2 atom stereocenters. The number of cyclic esters (lactones) is 1. The van der Waals surface area contributed by atoms with Crippen LogP contribution in [-0.2, 0) is 67.3 Å². The van der Waals surface area contributed by atoms with Crippen LogP contribution in [0.25, 0.3) is 0 Å². The number of piperidine rings is 3. The van der Waals surface area contributed by atoms with Crippen molar-refractivity contribution in [1.82, 2.24) is 80.5 Å². The van der Waals surface area contributed by atoms with Gasteiger partial charge in [0.1, 0.15) is 23.4 Å². The molecule has 8 aliphatic heterocycles. The molecule has 3 aromatic rings. The molecular weight excluding hydrogens is 1880 g/mol. The molecule has 2 unspecified atom stereocenters. The molecule has 8 fully saturated rings. The Balaban J connectivity index is 0.000000561. The number of aliphatic hydroxyl groups excluding tert-OH is 1. The van der Waals surface area contributed by atoms with Crippen LogP contribution >= 0.6 is 0 Å². The van der Waals surface area contributed by atoms with Crippen LogP contribution in [0, 0.1) is 21.7 Å². The summed E-state index contributed by atoms with van der Waals surface area (Å²) in [6, 6.07) is 23.0. The number of likely N-dealkylation sites (tertiary alicyclic amines) is 3. The minimum atomic E-state index is -0.414. The first kappa shape index (κ1) is 138. The third kappa shape index (κ3) is 66.3. The number of carbonyl (C=O) groups is 6. The number of amides is 2. The summed E-state index contributed by atoms with van der Waals surface area (Å²) in [7, 11) is 6.49. The molecule has 9 N–H and O–H groups in total. The molecule has 862 valence electrons. The number of aliphatic hydroxyl groups is 1. The first-order chi connectivity index (χ1) is 69.0. The average Bonchev–Trinajstić information content (AvgIpc) is 1.29. The summed E-state index contributed by atoms with van der Waals surface area (Å²) in [5, 5.41) is 54.1. The van der Waals surface area contributed by atoms with Crippen LogP contribution in [0.3, 0.4) is 0 Å². The maximum absolute atomic E-state index is 11.9. The van der Waals surface area contributed by atoms with Crippen LogP contribution in [0.4, 0.5) is 0 Å². The number of piperazine rings is 4. The number of likely N-dealkylation sites (N-methyl/N-ethyl adjacent to an activating group) is 1. The van der Waals surface area contributed by atoms with E-state index in [0.717, 1.165) is 246 Å². The van der Waals surface area contributed by atoms with Crippen molar-refractivity contribution < 1.29 is 68.1 Å². The summed E-state index contributed by atoms with van der Waals surface area (Å²) in [4.78, 5) is 93.0. The monoisotopic (exact) mass is 2100 g/mol. The van der Waals surface area contributed by atoms with Gasteiger partial charge in [-0.05, 0) is 279 Å². The second kappa shape index (κ2) is 68.6. The van der Waals surface area contributed by atoms with Gasteiger partial charge in [0.2, 0.25) is 11.8 Å². The quantitative estimate of drug-likeness (QED) is 0.0205. The smallest absolute Gasteiger partial charge is 0.319 e. The van der Waals surface area contributed by atoms with Crippen molar-refractivity contribution in [2.75, 3.05) is 218 Å². The first-order valence-electron chi connectivity index (χ1n) is 56.2. The van der Waals surface area contributed by atoms with Gasteiger partial charge < -0.3 is 85.6 Å². The lowest BCUT2D eigenvalue weighted by molar-refractivity contribution is -0.144. The number of para-hydroxylation sites is 1. The molecule has 0 spiro atoms. The Morgan fingerprint density at radius 1 is 0.436 bits per heavy atom. The molecule has 30 heteroatoms. The summed E-state index contributed by atoms with van der Waals surface area (Å²) in [6.45, 7) is 100.0. The fourth-order valence-electron chi connectivity index (χ4n) is 17.9. The normalized spacial score (nSPS) is 19.0. The number of rotatable bonds is 26. The number of esters is 4. The van der Waals surface area contributed by atoms with Crippen molar-refractivity contribution in [2.45, 2.75) is 382 Å². The molecule has 8 saturated heterocycles. The van der Waals surface area contributed by atoms with Crippen LogP contribution in [0.1, 0.15) is 321 Å². The number of carbonyl (C=O) groups excluding carboxylic acids is 6. The third-order valence-corrected chi connectivity index (χ3v) is 28.0. The predicted molar refractivity (Wildman–Crippen MR) is 615 cm³/mol. The third-order valence-electron chi connectivity index (χ3n) is 28.0. The minimum absolute atomic E-state index is 0.0285. The van der Waals surface area contributed by atoms with Crippen LogP contribution in [0.2, 0.25) is 0 Å². The zero-order valence-electron chi connectivity index (χ0n) is 101. The summed E-state index contributed by atoms with van der Waals surface area (Å²) in [6.07, 6.45) is 12.2. The van der Waals surface area contributed by atoms with E-state index in [1.54, 1.807) is 35.2 Å². The van der Waals surface area contributed by atoms with Crippen LogP contribution in [0.15, 0.2) is 72.8 Å². The van der Waals surface area contributed by atoms with E-state index in [4.69, 9.17) is 14.6 Å². The highest BCUT2D eigenvalue weighted by atomic mass is 16.6. The largest absolute Gasteiger partial charge is 0.508 e. The van der Waals surface area contributed by atoms with E-state index in [9.17, 15) is 44.1 Å². The number of aromatic hydroxyl groups is 3. The molecule has 0 radical (unpaired) electrons. The number of nitrogens with zero attached hydrogens (tertiary/aromatic N) is 11. The molecule has 3 aromatic carbocycles. The molecule has 2 amide bonds. The van der Waals surface area contributed by atoms with Crippen molar-refractivity contribution in [1.29, 1.82) is 0 Å². The van der Waals surface area contributed by atoms with E-state index in [1.807, 2.05) is 68.4 Å². The van der Waals surface area contributed by atoms with E-state index >= 15 is 0 Å². The number of hydrogen-bond donors (Lipinski definition) is 9. The molecule has 0 bridgehead atoms. The number of nitrogens with one attached hydrogen (secondary N) is 5. The summed E-state index contributed by atoms with van der Waals surface area (Å²) in [5.41, 5.74) is 6.33. The van der Waals surface area contributed by atoms with E-state index in [-0.39, 0.29) is 74.9 Å². The number of hydrogen-bond acceptors (Lipinski definition) is 28. The minimum Gasteiger partial charge on any atom is -0.508 e. The van der Waals surface area contributed by atoms with Gasteiger partial charge in [-0.15, -0.1) is 0 Å². The first-order valence-corrected chi connectivity index (χ1v) is 56.2. The molecule has 11 rings (SSSR count). The van der Waals surface area contributed by atoms with Crippen molar-refractivity contribution in [3.05, 3.63) is 89.5 Å². The molecule has 0 aromatic heterocycles. The Hall–Kier alpha value is -6.72. The number of methoxy groups -OCH3 is 2. The van der Waals surface area contributed by atoms with Crippen molar-refractivity contribution in [2.24, 2.45) is 21.7 Å². The predicted octanol–water partition coefficient (Wildman–Crippen LogP) is 16.6. The lowest BCUT2D eigenvalue weighted by atomic mass is 9.88. The van der Waals surface area contributed by atoms with Gasteiger partial charge in [0, 0.05) is 242 Å². The maximum atomic E-state index is 11.9. The highest BCUT2D eigenvalue weighted by molar-refractivity contribution is 5.78. The van der Waals surface area contributed by atoms with Crippen LogP contribution < -0.4 is 26.6 Å². The Bertz CT molecular complexity index is 4050. The second-order valence-corrected chi connectivity index (χ2v) is 52.4. The highest BCUT2D eigenvalue weighted by Crippen LogP contribution is 2.31. The van der Waals surface area contributed by atoms with Crippen LogP contribution in [0.5, 0.6) is 17.2 Å². The van der Waals surface area contributed by atoms with Crippen LogP contribution in [-0.4, -0.2) is 386 Å². The van der Waals surface area contributed by atoms with Gasteiger partial charge in [0.15, 0.2) is 0 Å². The number of phenols is 3. The number of benzene rings is 3. The summed E-state index contributed by atoms with van der Waals surface area (Å²) < 4.78 is 19.3. The fourth-order valence-corrected chi connectivity index (χ4v) is 17.9. The lowest BCUT2D eigenvalue weighted by Gasteiger charge is -2.45. The van der Waals surface area contributed by atoms with Gasteiger partial charge in [-0.2, -0.15) is 0 Å². The van der Waals surface area contributed by atoms with Gasteiger partial charge >= 0.3 is 23.9 Å². The molecule has 0 aliphatic carbocycles. The molecule has 8 aliphatic rings. The molecule has 8 heterocycles. The zero-order valence-corrected chi connectivity index (χ0v) is 101. The van der Waals surface area contributed by atoms with Gasteiger partial charge in [0.05, 0.1) is 59.3 Å². The summed E-state index contributed by atoms with van der Waals surface area (Å²) >= 11 is 0. The Morgan fingerprint density at radius 2 is 0.846 bits per heavy atom. The van der Waals surface area contributed by atoms with Gasteiger partial charge in [-0.3, -0.25) is 63.1 Å². The lowest BCUT2D eigenvalue weighted by Crippen LogP contribution is -2.54. The van der Waals surface area contributed by atoms with Gasteiger partial charge in [-0.25, -0.2) is 0 Å². The van der Waals surface area contributed by atoms with Gasteiger partial charge in [-0.1, -0.05) is 126 Å². The molecular formula is C119H222N16O14. The molecule has 0 saturated carbocycles.